The molecule has 9 heteroatoms. The highest BCUT2D eigenvalue weighted by Crippen LogP contribution is 2.27. The number of nitro benzene ring substituents is 1. The molecule has 1 aromatic heterocycles. The van der Waals surface area contributed by atoms with Gasteiger partial charge in [0.05, 0.1) is 20.9 Å². The fraction of sp³-hybridized carbons (Fsp3) is 0. The summed E-state index contributed by atoms with van der Waals surface area (Å²) in [4.78, 5) is 28.9. The second-order valence-electron chi connectivity index (χ2n) is 5.05. The van der Waals surface area contributed by atoms with Crippen LogP contribution in [0, 0.1) is 10.1 Å². The van der Waals surface area contributed by atoms with Crippen LogP contribution >= 0.6 is 23.2 Å². The number of H-pyrrole nitrogens is 1. The van der Waals surface area contributed by atoms with Crippen LogP contribution < -0.4 is 10.7 Å². The number of nitro groups is 1. The molecule has 0 aliphatic carbocycles. The van der Waals surface area contributed by atoms with Gasteiger partial charge in [-0.05, 0) is 35.6 Å². The molecule has 0 unspecified atom stereocenters. The molecular weight excluding hydrogens is 369 g/mol. The van der Waals surface area contributed by atoms with Gasteiger partial charge in [0.15, 0.2) is 5.82 Å². The summed E-state index contributed by atoms with van der Waals surface area (Å²) in [6, 6.07) is 8.22. The molecule has 0 saturated heterocycles. The lowest BCUT2D eigenvalue weighted by Crippen LogP contribution is -2.10. The van der Waals surface area contributed by atoms with Gasteiger partial charge in [-0.25, -0.2) is 4.98 Å². The Hall–Kier alpha value is -2.90. The zero-order chi connectivity index (χ0) is 18.1. The first-order valence-electron chi connectivity index (χ1n) is 6.88. The van der Waals surface area contributed by atoms with E-state index in [0.717, 1.165) is 12.1 Å². The summed E-state index contributed by atoms with van der Waals surface area (Å²) in [5.41, 5.74) is -0.256. The summed E-state index contributed by atoms with van der Waals surface area (Å²) in [6.45, 7) is 0. The number of nitrogens with zero attached hydrogens (tertiary/aromatic N) is 2. The predicted octanol–water partition coefficient (Wildman–Crippen LogP) is 3.30. The number of nitrogens with one attached hydrogen (secondary N) is 1. The first kappa shape index (κ1) is 16.9. The van der Waals surface area contributed by atoms with Crippen molar-refractivity contribution in [1.82, 2.24) is 9.97 Å². The van der Waals surface area contributed by atoms with Crippen LogP contribution in [0.3, 0.4) is 0 Å². The maximum absolute atomic E-state index is 12.1. The predicted molar refractivity (Wildman–Crippen MR) is 93.6 cm³/mol. The molecule has 3 aromatic rings. The monoisotopic (exact) mass is 376 g/mol. The van der Waals surface area contributed by atoms with Crippen molar-refractivity contribution in [2.24, 2.45) is 0 Å². The third kappa shape index (κ3) is 3.47. The molecule has 0 fully saturated rings. The van der Waals surface area contributed by atoms with Crippen LogP contribution in [0.5, 0.6) is 5.75 Å². The number of rotatable bonds is 3. The third-order valence-electron chi connectivity index (χ3n) is 3.37. The van der Waals surface area contributed by atoms with E-state index >= 15 is 0 Å². The van der Waals surface area contributed by atoms with E-state index in [1.165, 1.54) is 18.2 Å². The lowest BCUT2D eigenvalue weighted by molar-refractivity contribution is -0.398. The molecule has 0 aliphatic heterocycles. The Bertz CT molecular complexity index is 1090. The van der Waals surface area contributed by atoms with Crippen molar-refractivity contribution in [3.8, 4) is 5.75 Å². The second kappa shape index (κ2) is 6.54. The fourth-order valence-corrected chi connectivity index (χ4v) is 2.59. The molecule has 1 N–H and O–H groups in total. The highest BCUT2D eigenvalue weighted by Gasteiger charge is 2.10. The van der Waals surface area contributed by atoms with Crippen molar-refractivity contribution in [2.45, 2.75) is 0 Å². The van der Waals surface area contributed by atoms with Crippen LogP contribution in [-0.4, -0.2) is 14.9 Å². The largest absolute Gasteiger partial charge is 0.868 e. The van der Waals surface area contributed by atoms with Crippen molar-refractivity contribution in [1.29, 1.82) is 0 Å². The van der Waals surface area contributed by atoms with Gasteiger partial charge in [-0.15, -0.1) is 0 Å². The molecule has 126 valence electrons. The van der Waals surface area contributed by atoms with E-state index in [0.29, 0.717) is 21.5 Å². The van der Waals surface area contributed by atoms with Gasteiger partial charge in [0.1, 0.15) is 0 Å². The molecule has 0 saturated carbocycles. The highest BCUT2D eigenvalue weighted by molar-refractivity contribution is 6.50. The number of hydrogen-bond acceptors (Lipinski definition) is 5. The molecule has 2 aromatic carbocycles. The Morgan fingerprint density at radius 1 is 1.24 bits per heavy atom. The number of hydrogen-bond donors (Lipinski definition) is 1. The summed E-state index contributed by atoms with van der Waals surface area (Å²) in [5, 5.41) is 23.0. The quantitative estimate of drug-likeness (QED) is 0.556. The summed E-state index contributed by atoms with van der Waals surface area (Å²) < 4.78 is 0. The number of fused-ring (bicyclic) bond motifs is 1. The second-order valence-corrected chi connectivity index (χ2v) is 5.90. The zero-order valence-corrected chi connectivity index (χ0v) is 13.8. The number of benzene rings is 2. The standard InChI is InChI=1S/C16H9Cl2N3O4/c17-9-2-3-12-10(7-9)16(23)20-15(19-12)11(18)5-8-1-4-14(22)13(6-8)21(24)25/h1-7,22H,(H,19,20,23)/p-1/b11-5-. The lowest BCUT2D eigenvalue weighted by Gasteiger charge is -2.07. The van der Waals surface area contributed by atoms with E-state index in [2.05, 4.69) is 9.97 Å². The Balaban J connectivity index is 2.07. The maximum Gasteiger partial charge on any atom is 0.262 e. The van der Waals surface area contributed by atoms with E-state index in [9.17, 15) is 20.0 Å². The van der Waals surface area contributed by atoms with E-state index < -0.39 is 21.9 Å². The third-order valence-corrected chi connectivity index (χ3v) is 3.89. The van der Waals surface area contributed by atoms with Crippen molar-refractivity contribution in [3.63, 3.8) is 0 Å². The van der Waals surface area contributed by atoms with Gasteiger partial charge >= 0.3 is 0 Å². The van der Waals surface area contributed by atoms with E-state index in [-0.39, 0.29) is 10.9 Å². The Kier molecular flexibility index (Phi) is 4.43. The van der Waals surface area contributed by atoms with Crippen LogP contribution in [0.1, 0.15) is 11.4 Å². The summed E-state index contributed by atoms with van der Waals surface area (Å²) in [7, 11) is 0. The molecule has 7 nitrogen and oxygen atoms in total. The molecular formula is C16H8Cl2N3O4-. The summed E-state index contributed by atoms with van der Waals surface area (Å²) in [5.74, 6) is -0.609. The zero-order valence-electron chi connectivity index (χ0n) is 12.3. The average molecular weight is 377 g/mol. The van der Waals surface area contributed by atoms with Crippen LogP contribution in [0.25, 0.3) is 22.0 Å². The smallest absolute Gasteiger partial charge is 0.262 e. The van der Waals surface area contributed by atoms with Gasteiger partial charge in [-0.2, -0.15) is 0 Å². The van der Waals surface area contributed by atoms with Gasteiger partial charge in [-0.1, -0.05) is 35.3 Å². The Morgan fingerprint density at radius 2 is 2.00 bits per heavy atom. The van der Waals surface area contributed by atoms with Gasteiger partial charge in [-0.3, -0.25) is 14.9 Å². The van der Waals surface area contributed by atoms with Crippen LogP contribution in [0.15, 0.2) is 41.2 Å². The van der Waals surface area contributed by atoms with Gasteiger partial charge in [0.2, 0.25) is 0 Å². The maximum atomic E-state index is 12.1. The minimum absolute atomic E-state index is 0.0573. The highest BCUT2D eigenvalue weighted by atomic mass is 35.5. The lowest BCUT2D eigenvalue weighted by atomic mass is 10.1. The number of aromatic nitrogens is 2. The van der Waals surface area contributed by atoms with Crippen molar-refractivity contribution >= 4 is 50.9 Å². The first-order chi connectivity index (χ1) is 11.8. The van der Waals surface area contributed by atoms with Gasteiger partial charge in [0.25, 0.3) is 11.2 Å². The Labute approximate surface area is 150 Å². The molecule has 0 spiro atoms. The van der Waals surface area contributed by atoms with Crippen LogP contribution in [0.4, 0.5) is 5.69 Å². The van der Waals surface area contributed by atoms with Gasteiger partial charge < -0.3 is 10.1 Å². The molecule has 0 amide bonds. The van der Waals surface area contributed by atoms with Crippen LogP contribution in [0.2, 0.25) is 5.02 Å². The van der Waals surface area contributed by atoms with Crippen molar-refractivity contribution in [3.05, 3.63) is 73.3 Å². The molecule has 0 atom stereocenters. The van der Waals surface area contributed by atoms with Crippen LogP contribution in [-0.2, 0) is 0 Å². The van der Waals surface area contributed by atoms with Gasteiger partial charge in [0, 0.05) is 11.1 Å². The average Bonchev–Trinajstić information content (AvgIpc) is 2.56. The molecule has 0 radical (unpaired) electrons. The minimum Gasteiger partial charge on any atom is -0.868 e. The minimum atomic E-state index is -0.770. The van der Waals surface area contributed by atoms with E-state index in [4.69, 9.17) is 23.2 Å². The summed E-state index contributed by atoms with van der Waals surface area (Å²) in [6.07, 6.45) is 1.37. The molecule has 3 rings (SSSR count). The van der Waals surface area contributed by atoms with E-state index in [1.807, 2.05) is 0 Å². The number of aromatic amines is 1. The Morgan fingerprint density at radius 3 is 2.72 bits per heavy atom. The summed E-state index contributed by atoms with van der Waals surface area (Å²) >= 11 is 12.0. The molecule has 1 heterocycles. The molecule has 0 aliphatic rings. The topological polar surface area (TPSA) is 112 Å². The fourth-order valence-electron chi connectivity index (χ4n) is 2.21. The number of halogens is 2. The van der Waals surface area contributed by atoms with Crippen molar-refractivity contribution in [2.75, 3.05) is 0 Å². The molecule has 25 heavy (non-hydrogen) atoms. The van der Waals surface area contributed by atoms with E-state index in [1.54, 1.807) is 12.1 Å². The first-order valence-corrected chi connectivity index (χ1v) is 7.63. The molecule has 0 bridgehead atoms. The SMILES string of the molecule is O=c1[nH]c(/C(Cl)=C/c2ccc([O-])c([N+](=O)[O-])c2)nc2ccc(Cl)cc12. The van der Waals surface area contributed by atoms with Crippen molar-refractivity contribution < 1.29 is 10.0 Å². The normalized spacial score (nSPS) is 11.7.